The van der Waals surface area contributed by atoms with Crippen molar-refractivity contribution in [1.82, 2.24) is 14.4 Å². The van der Waals surface area contributed by atoms with Crippen molar-refractivity contribution in [2.45, 2.75) is 18.3 Å². The van der Waals surface area contributed by atoms with Gasteiger partial charge in [0.25, 0.3) is 5.56 Å². The minimum Gasteiger partial charge on any atom is -0.269 e. The van der Waals surface area contributed by atoms with Crippen LogP contribution in [0.15, 0.2) is 71.9 Å². The number of rotatable bonds is 3. The summed E-state index contributed by atoms with van der Waals surface area (Å²) in [5.74, 6) is 0.751. The molecular weight excluding hydrogens is 330 g/mol. The zero-order valence-electron chi connectivity index (χ0n) is 13.4. The van der Waals surface area contributed by atoms with Crippen LogP contribution in [0, 0.1) is 0 Å². The van der Waals surface area contributed by atoms with Crippen molar-refractivity contribution in [1.29, 1.82) is 0 Å². The van der Waals surface area contributed by atoms with Crippen LogP contribution in [0.3, 0.4) is 0 Å². The molecule has 1 aliphatic rings. The summed E-state index contributed by atoms with van der Waals surface area (Å²) in [5.41, 5.74) is 3.24. The molecule has 0 saturated heterocycles. The Kier molecular flexibility index (Phi) is 3.28. The molecule has 0 amide bonds. The van der Waals surface area contributed by atoms with Crippen molar-refractivity contribution in [2.24, 2.45) is 0 Å². The highest BCUT2D eigenvalue weighted by Gasteiger charge is 2.41. The number of thiazole rings is 1. The molecule has 1 aliphatic carbocycles. The Hall–Kier alpha value is -2.79. The van der Waals surface area contributed by atoms with E-state index < -0.39 is 0 Å². The van der Waals surface area contributed by atoms with Crippen LogP contribution in [0.5, 0.6) is 0 Å². The van der Waals surface area contributed by atoms with E-state index in [-0.39, 0.29) is 5.56 Å². The Morgan fingerprint density at radius 2 is 1.96 bits per heavy atom. The van der Waals surface area contributed by atoms with Gasteiger partial charge in [0.05, 0.1) is 10.6 Å². The molecular formula is C20H15N3OS. The zero-order valence-corrected chi connectivity index (χ0v) is 14.2. The predicted molar refractivity (Wildman–Crippen MR) is 99.1 cm³/mol. The van der Waals surface area contributed by atoms with Crippen molar-refractivity contribution >= 4 is 16.3 Å². The van der Waals surface area contributed by atoms with E-state index in [1.165, 1.54) is 5.56 Å². The van der Waals surface area contributed by atoms with Crippen LogP contribution in [-0.2, 0) is 0 Å². The summed E-state index contributed by atoms with van der Waals surface area (Å²) in [6.45, 7) is 0. The number of fused-ring (bicyclic) bond motifs is 1. The van der Waals surface area contributed by atoms with E-state index in [9.17, 15) is 4.79 Å². The quantitative estimate of drug-likeness (QED) is 0.562. The number of hydrogen-bond donors (Lipinski definition) is 0. The fourth-order valence-corrected chi connectivity index (χ4v) is 4.33. The topological polar surface area (TPSA) is 47.3 Å². The van der Waals surface area contributed by atoms with Crippen molar-refractivity contribution < 1.29 is 0 Å². The van der Waals surface area contributed by atoms with Crippen molar-refractivity contribution in [3.05, 3.63) is 88.7 Å². The molecule has 0 spiro atoms. The van der Waals surface area contributed by atoms with Crippen molar-refractivity contribution in [2.75, 3.05) is 0 Å². The summed E-state index contributed by atoms with van der Waals surface area (Å²) < 4.78 is 1.65. The minimum absolute atomic E-state index is 0.00438. The first kappa shape index (κ1) is 14.5. The number of benzene rings is 1. The highest BCUT2D eigenvalue weighted by atomic mass is 32.1. The third-order valence-electron chi connectivity index (χ3n) is 4.73. The van der Waals surface area contributed by atoms with E-state index in [1.54, 1.807) is 28.0 Å². The molecule has 0 N–H and O–H groups in total. The Morgan fingerprint density at radius 1 is 1.08 bits per heavy atom. The lowest BCUT2D eigenvalue weighted by Crippen LogP contribution is -2.12. The first-order valence-corrected chi connectivity index (χ1v) is 9.10. The molecule has 1 fully saturated rings. The van der Waals surface area contributed by atoms with Gasteiger partial charge in [-0.25, -0.2) is 4.98 Å². The first-order chi connectivity index (χ1) is 12.3. The highest BCUT2D eigenvalue weighted by molar-refractivity contribution is 7.20. The van der Waals surface area contributed by atoms with Gasteiger partial charge in [0, 0.05) is 30.6 Å². The Morgan fingerprint density at radius 3 is 2.76 bits per heavy atom. The Bertz CT molecular complexity index is 1100. The van der Waals surface area contributed by atoms with Gasteiger partial charge in [-0.3, -0.25) is 14.2 Å². The smallest absolute Gasteiger partial charge is 0.258 e. The molecule has 0 bridgehead atoms. The molecule has 3 aromatic heterocycles. The second-order valence-electron chi connectivity index (χ2n) is 6.37. The fourth-order valence-electron chi connectivity index (χ4n) is 3.33. The second kappa shape index (κ2) is 5.63. The van der Waals surface area contributed by atoms with Crippen molar-refractivity contribution in [3.63, 3.8) is 0 Å². The molecule has 122 valence electrons. The molecule has 0 radical (unpaired) electrons. The third-order valence-corrected chi connectivity index (χ3v) is 5.76. The van der Waals surface area contributed by atoms with Gasteiger partial charge in [-0.15, -0.1) is 0 Å². The van der Waals surface area contributed by atoms with Crippen LogP contribution in [0.25, 0.3) is 15.4 Å². The van der Waals surface area contributed by atoms with E-state index in [0.717, 1.165) is 27.5 Å². The first-order valence-electron chi connectivity index (χ1n) is 8.28. The van der Waals surface area contributed by atoms with Crippen LogP contribution in [0.2, 0.25) is 0 Å². The lowest BCUT2D eigenvalue weighted by molar-refractivity contribution is 0.936. The molecule has 4 aromatic rings. The maximum atomic E-state index is 12.5. The lowest BCUT2D eigenvalue weighted by Gasteiger charge is -2.00. The molecule has 5 heteroatoms. The van der Waals surface area contributed by atoms with Crippen molar-refractivity contribution in [3.8, 4) is 10.4 Å². The number of nitrogens with zero attached hydrogens (tertiary/aromatic N) is 3. The number of hydrogen-bond acceptors (Lipinski definition) is 4. The summed E-state index contributed by atoms with van der Waals surface area (Å²) >= 11 is 1.56. The Labute approximate surface area is 148 Å². The van der Waals surface area contributed by atoms with Gasteiger partial charge < -0.3 is 0 Å². The van der Waals surface area contributed by atoms with Gasteiger partial charge in [0.15, 0.2) is 4.96 Å². The van der Waals surface area contributed by atoms with Gasteiger partial charge in [-0.05, 0) is 29.5 Å². The molecule has 25 heavy (non-hydrogen) atoms. The second-order valence-corrected chi connectivity index (χ2v) is 7.38. The maximum Gasteiger partial charge on any atom is 0.258 e. The molecule has 5 rings (SSSR count). The van der Waals surface area contributed by atoms with E-state index in [2.05, 4.69) is 23.2 Å². The van der Waals surface area contributed by atoms with Gasteiger partial charge in [0.2, 0.25) is 0 Å². The van der Waals surface area contributed by atoms with Crippen LogP contribution in [0.1, 0.15) is 29.5 Å². The maximum absolute atomic E-state index is 12.5. The van der Waals surface area contributed by atoms with Crippen LogP contribution < -0.4 is 5.56 Å². The van der Waals surface area contributed by atoms with Gasteiger partial charge in [-0.1, -0.05) is 47.7 Å². The SMILES string of the molecule is O=c1cc([C@@H]2C[C@H]2c2cccnc2)nc2sc(-c3ccccc3)cn12. The zero-order chi connectivity index (χ0) is 16.8. The summed E-state index contributed by atoms with van der Waals surface area (Å²) in [5, 5.41) is 0. The van der Waals surface area contributed by atoms with Gasteiger partial charge in [-0.2, -0.15) is 0 Å². The van der Waals surface area contributed by atoms with E-state index in [1.807, 2.05) is 36.7 Å². The summed E-state index contributed by atoms with van der Waals surface area (Å²) in [6.07, 6.45) is 6.62. The largest absolute Gasteiger partial charge is 0.269 e. The number of pyridine rings is 1. The molecule has 2 atom stereocenters. The lowest BCUT2D eigenvalue weighted by atomic mass is 10.1. The summed E-state index contributed by atoms with van der Waals surface area (Å²) in [6, 6.07) is 15.9. The predicted octanol–water partition coefficient (Wildman–Crippen LogP) is 4.09. The van der Waals surface area contributed by atoms with E-state index in [4.69, 9.17) is 4.98 Å². The number of aromatic nitrogens is 3. The van der Waals surface area contributed by atoms with Gasteiger partial charge in [0.1, 0.15) is 0 Å². The molecule has 1 saturated carbocycles. The summed E-state index contributed by atoms with van der Waals surface area (Å²) in [7, 11) is 0. The third kappa shape index (κ3) is 2.57. The summed E-state index contributed by atoms with van der Waals surface area (Å²) in [4.78, 5) is 23.3. The molecule has 0 unspecified atom stereocenters. The van der Waals surface area contributed by atoms with Crippen LogP contribution >= 0.6 is 11.3 Å². The monoisotopic (exact) mass is 345 g/mol. The van der Waals surface area contributed by atoms with E-state index in [0.29, 0.717) is 11.8 Å². The fraction of sp³-hybridized carbons (Fsp3) is 0.150. The highest BCUT2D eigenvalue weighted by Crippen LogP contribution is 2.53. The molecule has 0 aliphatic heterocycles. The Balaban J connectivity index is 1.53. The minimum atomic E-state index is -0.00438. The van der Waals surface area contributed by atoms with E-state index >= 15 is 0 Å². The molecule has 1 aromatic carbocycles. The molecule has 3 heterocycles. The van der Waals surface area contributed by atoms with Gasteiger partial charge >= 0.3 is 0 Å². The average Bonchev–Trinajstić information content (AvgIpc) is 3.35. The standard InChI is InChI=1S/C20H15N3OS/c24-19-10-17(16-9-15(16)14-7-4-8-21-11-14)22-20-23(19)12-18(25-20)13-5-2-1-3-6-13/h1-8,10-12,15-16H,9H2/t15-,16+/m0/s1. The normalized spacial score (nSPS) is 19.2. The van der Waals surface area contributed by atoms with Crippen LogP contribution in [-0.4, -0.2) is 14.4 Å². The molecule has 4 nitrogen and oxygen atoms in total. The van der Waals surface area contributed by atoms with Crippen LogP contribution in [0.4, 0.5) is 0 Å². The average molecular weight is 345 g/mol.